The summed E-state index contributed by atoms with van der Waals surface area (Å²) in [5.74, 6) is 1.60. The molecule has 0 atom stereocenters. The Bertz CT molecular complexity index is 552. The highest BCUT2D eigenvalue weighted by Gasteiger charge is 2.06. The average molecular weight is 248 g/mol. The first-order valence-corrected chi connectivity index (χ1v) is 5.83. The molecular formula is C14H14ClNO. The maximum absolute atomic E-state index is 5.85. The fraction of sp³-hybridized carbons (Fsp3) is 0.214. The van der Waals surface area contributed by atoms with Crippen LogP contribution in [0.4, 0.5) is 0 Å². The molecule has 0 unspecified atom stereocenters. The van der Waals surface area contributed by atoms with E-state index in [1.807, 2.05) is 32.0 Å². The van der Waals surface area contributed by atoms with Crippen LogP contribution in [0.5, 0.6) is 11.5 Å². The molecule has 0 aliphatic rings. The summed E-state index contributed by atoms with van der Waals surface area (Å²) >= 11 is 5.81. The van der Waals surface area contributed by atoms with Crippen molar-refractivity contribution in [3.8, 4) is 11.5 Å². The van der Waals surface area contributed by atoms with Gasteiger partial charge in [-0.2, -0.15) is 0 Å². The van der Waals surface area contributed by atoms with E-state index in [0.29, 0.717) is 5.15 Å². The van der Waals surface area contributed by atoms with E-state index in [9.17, 15) is 0 Å². The molecule has 0 N–H and O–H groups in total. The second kappa shape index (κ2) is 4.76. The van der Waals surface area contributed by atoms with Crippen molar-refractivity contribution in [1.29, 1.82) is 0 Å². The summed E-state index contributed by atoms with van der Waals surface area (Å²) in [5.41, 5.74) is 3.14. The number of aromatic nitrogens is 1. The summed E-state index contributed by atoms with van der Waals surface area (Å²) in [4.78, 5) is 4.16. The highest BCUT2D eigenvalue weighted by atomic mass is 35.5. The number of rotatable bonds is 2. The molecular weight excluding hydrogens is 234 g/mol. The zero-order chi connectivity index (χ0) is 12.4. The van der Waals surface area contributed by atoms with Gasteiger partial charge in [-0.15, -0.1) is 0 Å². The van der Waals surface area contributed by atoms with Gasteiger partial charge in [0.15, 0.2) is 0 Å². The van der Waals surface area contributed by atoms with Gasteiger partial charge in [0.25, 0.3) is 0 Å². The van der Waals surface area contributed by atoms with E-state index in [2.05, 4.69) is 18.0 Å². The van der Waals surface area contributed by atoms with Crippen LogP contribution in [0.3, 0.4) is 0 Å². The van der Waals surface area contributed by atoms with E-state index in [1.165, 1.54) is 5.56 Å². The average Bonchev–Trinajstić information content (AvgIpc) is 2.28. The lowest BCUT2D eigenvalue weighted by Gasteiger charge is -2.11. The molecule has 0 amide bonds. The number of pyridine rings is 1. The first-order chi connectivity index (χ1) is 8.08. The van der Waals surface area contributed by atoms with Gasteiger partial charge in [0.05, 0.1) is 5.69 Å². The van der Waals surface area contributed by atoms with E-state index >= 15 is 0 Å². The van der Waals surface area contributed by atoms with Crippen LogP contribution < -0.4 is 4.74 Å². The van der Waals surface area contributed by atoms with Crippen LogP contribution in [-0.4, -0.2) is 4.98 Å². The molecule has 1 aromatic heterocycles. The van der Waals surface area contributed by atoms with Crippen molar-refractivity contribution in [2.45, 2.75) is 20.8 Å². The van der Waals surface area contributed by atoms with Gasteiger partial charge in [-0.1, -0.05) is 23.7 Å². The highest BCUT2D eigenvalue weighted by molar-refractivity contribution is 6.29. The third-order valence-electron chi connectivity index (χ3n) is 2.78. The summed E-state index contributed by atoms with van der Waals surface area (Å²) in [6.07, 6.45) is 0. The monoisotopic (exact) mass is 247 g/mol. The molecule has 2 nitrogen and oxygen atoms in total. The minimum Gasteiger partial charge on any atom is -0.455 e. The first-order valence-electron chi connectivity index (χ1n) is 5.45. The summed E-state index contributed by atoms with van der Waals surface area (Å²) < 4.78 is 5.85. The molecule has 0 aliphatic carbocycles. The van der Waals surface area contributed by atoms with E-state index in [1.54, 1.807) is 6.07 Å². The largest absolute Gasteiger partial charge is 0.455 e. The Morgan fingerprint density at radius 2 is 1.76 bits per heavy atom. The second-order valence-corrected chi connectivity index (χ2v) is 4.40. The third-order valence-corrected chi connectivity index (χ3v) is 2.99. The van der Waals surface area contributed by atoms with Gasteiger partial charge in [-0.05, 0) is 50.1 Å². The molecule has 0 saturated carbocycles. The molecule has 0 bridgehead atoms. The number of nitrogens with zero attached hydrogens (tertiary/aromatic N) is 1. The highest BCUT2D eigenvalue weighted by Crippen LogP contribution is 2.28. The Hall–Kier alpha value is -1.54. The fourth-order valence-corrected chi connectivity index (χ4v) is 1.77. The van der Waals surface area contributed by atoms with Crippen LogP contribution >= 0.6 is 11.6 Å². The van der Waals surface area contributed by atoms with Crippen LogP contribution in [0.1, 0.15) is 16.8 Å². The van der Waals surface area contributed by atoms with Crippen LogP contribution in [0.2, 0.25) is 5.15 Å². The van der Waals surface area contributed by atoms with Crippen LogP contribution in [0, 0.1) is 20.8 Å². The molecule has 0 saturated heterocycles. The molecule has 0 aliphatic heterocycles. The molecule has 0 spiro atoms. The maximum Gasteiger partial charge on any atom is 0.148 e. The molecule has 17 heavy (non-hydrogen) atoms. The van der Waals surface area contributed by atoms with Crippen molar-refractivity contribution in [2.75, 3.05) is 0 Å². The fourth-order valence-electron chi connectivity index (χ4n) is 1.58. The number of ether oxygens (including phenoxy) is 1. The smallest absolute Gasteiger partial charge is 0.148 e. The molecule has 1 aromatic carbocycles. The minimum atomic E-state index is 0.482. The Balaban J connectivity index is 2.35. The molecule has 0 radical (unpaired) electrons. The molecule has 2 aromatic rings. The summed E-state index contributed by atoms with van der Waals surface area (Å²) in [7, 11) is 0. The van der Waals surface area contributed by atoms with Gasteiger partial charge < -0.3 is 4.74 Å². The van der Waals surface area contributed by atoms with Gasteiger partial charge in [-0.25, -0.2) is 4.98 Å². The standard InChI is InChI=1S/C14H14ClNO/c1-9-5-4-6-12(10(9)2)17-13-7-8-14(15)16-11(13)3/h4-8H,1-3H3. The van der Waals surface area contributed by atoms with Gasteiger partial charge in [0.1, 0.15) is 16.7 Å². The van der Waals surface area contributed by atoms with Crippen molar-refractivity contribution in [3.63, 3.8) is 0 Å². The summed E-state index contributed by atoms with van der Waals surface area (Å²) in [6.45, 7) is 5.99. The molecule has 2 rings (SSSR count). The van der Waals surface area contributed by atoms with Crippen molar-refractivity contribution in [1.82, 2.24) is 4.98 Å². The lowest BCUT2D eigenvalue weighted by Crippen LogP contribution is -1.93. The normalized spacial score (nSPS) is 10.4. The van der Waals surface area contributed by atoms with Gasteiger partial charge in [0.2, 0.25) is 0 Å². The van der Waals surface area contributed by atoms with Gasteiger partial charge in [0, 0.05) is 0 Å². The molecule has 88 valence electrons. The summed E-state index contributed by atoms with van der Waals surface area (Å²) in [5, 5.41) is 0.482. The predicted octanol–water partition coefficient (Wildman–Crippen LogP) is 4.45. The van der Waals surface area contributed by atoms with Gasteiger partial charge >= 0.3 is 0 Å². The lowest BCUT2D eigenvalue weighted by atomic mass is 10.1. The van der Waals surface area contributed by atoms with E-state index in [-0.39, 0.29) is 0 Å². The Morgan fingerprint density at radius 1 is 1.00 bits per heavy atom. The molecule has 0 fully saturated rings. The van der Waals surface area contributed by atoms with Crippen molar-refractivity contribution in [2.24, 2.45) is 0 Å². The Morgan fingerprint density at radius 3 is 2.47 bits per heavy atom. The zero-order valence-electron chi connectivity index (χ0n) is 10.1. The summed E-state index contributed by atoms with van der Waals surface area (Å²) in [6, 6.07) is 9.57. The van der Waals surface area contributed by atoms with E-state index < -0.39 is 0 Å². The topological polar surface area (TPSA) is 22.1 Å². The Labute approximate surface area is 106 Å². The zero-order valence-corrected chi connectivity index (χ0v) is 10.9. The Kier molecular flexibility index (Phi) is 3.34. The van der Waals surface area contributed by atoms with Gasteiger partial charge in [-0.3, -0.25) is 0 Å². The van der Waals surface area contributed by atoms with Crippen LogP contribution in [0.25, 0.3) is 0 Å². The lowest BCUT2D eigenvalue weighted by molar-refractivity contribution is 0.471. The number of hydrogen-bond donors (Lipinski definition) is 0. The van der Waals surface area contributed by atoms with E-state index in [0.717, 1.165) is 22.8 Å². The maximum atomic E-state index is 5.85. The number of halogens is 1. The SMILES string of the molecule is Cc1cccc(Oc2ccc(Cl)nc2C)c1C. The minimum absolute atomic E-state index is 0.482. The third kappa shape index (κ3) is 2.59. The molecule has 1 heterocycles. The molecule has 3 heteroatoms. The first kappa shape index (κ1) is 11.9. The number of aryl methyl sites for hydroxylation is 2. The van der Waals surface area contributed by atoms with Crippen molar-refractivity contribution in [3.05, 3.63) is 52.3 Å². The van der Waals surface area contributed by atoms with Crippen LogP contribution in [-0.2, 0) is 0 Å². The van der Waals surface area contributed by atoms with Crippen LogP contribution in [0.15, 0.2) is 30.3 Å². The van der Waals surface area contributed by atoms with Crippen molar-refractivity contribution >= 4 is 11.6 Å². The predicted molar refractivity (Wildman–Crippen MR) is 70.0 cm³/mol. The number of benzene rings is 1. The second-order valence-electron chi connectivity index (χ2n) is 4.02. The number of hydrogen-bond acceptors (Lipinski definition) is 2. The van der Waals surface area contributed by atoms with Crippen molar-refractivity contribution < 1.29 is 4.74 Å². The quantitative estimate of drug-likeness (QED) is 0.732. The van der Waals surface area contributed by atoms with E-state index in [4.69, 9.17) is 16.3 Å².